The Kier molecular flexibility index (Phi) is 5.48. The Hall–Kier alpha value is -1.91. The van der Waals surface area contributed by atoms with Gasteiger partial charge in [-0.05, 0) is 25.0 Å². The third kappa shape index (κ3) is 3.77. The van der Waals surface area contributed by atoms with Crippen molar-refractivity contribution in [2.24, 2.45) is 5.92 Å². The van der Waals surface area contributed by atoms with Crippen molar-refractivity contribution in [1.82, 2.24) is 9.88 Å². The van der Waals surface area contributed by atoms with Gasteiger partial charge in [0, 0.05) is 19.3 Å². The van der Waals surface area contributed by atoms with E-state index in [1.165, 1.54) is 18.3 Å². The van der Waals surface area contributed by atoms with Crippen LogP contribution in [0.5, 0.6) is 0 Å². The van der Waals surface area contributed by atoms with Crippen LogP contribution in [0.15, 0.2) is 18.3 Å². The third-order valence-corrected chi connectivity index (χ3v) is 3.14. The summed E-state index contributed by atoms with van der Waals surface area (Å²) in [5.74, 6) is -1.07. The maximum atomic E-state index is 12.4. The molecule has 0 aliphatic rings. The average molecular weight is 264 g/mol. The molecule has 0 bridgehead atoms. The molecule has 1 heterocycles. The molecule has 1 unspecified atom stereocenters. The molecule has 19 heavy (non-hydrogen) atoms. The summed E-state index contributed by atoms with van der Waals surface area (Å²) in [7, 11) is 0. The number of carbonyl (C=O) groups is 2. The molecule has 1 amide bonds. The molecule has 5 heteroatoms. The van der Waals surface area contributed by atoms with Crippen molar-refractivity contribution in [2.45, 2.75) is 27.2 Å². The van der Waals surface area contributed by atoms with E-state index >= 15 is 0 Å². The van der Waals surface area contributed by atoms with E-state index in [9.17, 15) is 9.59 Å². The molecule has 1 aromatic rings. The fourth-order valence-electron chi connectivity index (χ4n) is 1.76. The molecule has 1 rings (SSSR count). The molecule has 1 atom stereocenters. The number of hydrogen-bond donors (Lipinski definition) is 1. The fraction of sp³-hybridized carbons (Fsp3) is 0.500. The van der Waals surface area contributed by atoms with Crippen LogP contribution in [0, 0.1) is 5.92 Å². The highest BCUT2D eigenvalue weighted by molar-refractivity contribution is 6.03. The van der Waals surface area contributed by atoms with Gasteiger partial charge in [-0.3, -0.25) is 9.78 Å². The van der Waals surface area contributed by atoms with E-state index in [4.69, 9.17) is 5.11 Å². The van der Waals surface area contributed by atoms with Crippen LogP contribution in [0.3, 0.4) is 0 Å². The minimum atomic E-state index is -1.13. The summed E-state index contributed by atoms with van der Waals surface area (Å²) >= 11 is 0. The number of pyridine rings is 1. The number of carboxylic acid groups (broad SMARTS) is 1. The van der Waals surface area contributed by atoms with Gasteiger partial charge in [0.05, 0.1) is 5.56 Å². The molecule has 0 aliphatic heterocycles. The van der Waals surface area contributed by atoms with Gasteiger partial charge in [-0.1, -0.05) is 20.3 Å². The Morgan fingerprint density at radius 1 is 1.42 bits per heavy atom. The Morgan fingerprint density at radius 2 is 2.11 bits per heavy atom. The molecule has 0 fully saturated rings. The molecule has 5 nitrogen and oxygen atoms in total. The van der Waals surface area contributed by atoms with Crippen molar-refractivity contribution in [1.29, 1.82) is 0 Å². The lowest BCUT2D eigenvalue weighted by molar-refractivity contribution is 0.0668. The predicted molar refractivity (Wildman–Crippen MR) is 72.2 cm³/mol. The van der Waals surface area contributed by atoms with Gasteiger partial charge in [-0.15, -0.1) is 0 Å². The number of rotatable bonds is 6. The smallest absolute Gasteiger partial charge is 0.338 e. The first-order valence-corrected chi connectivity index (χ1v) is 6.48. The molecule has 1 aromatic heterocycles. The molecular formula is C14H20N2O3. The number of carbonyl (C=O) groups excluding carboxylic acids is 1. The Morgan fingerprint density at radius 3 is 2.63 bits per heavy atom. The minimum absolute atomic E-state index is 0.0140. The van der Waals surface area contributed by atoms with Gasteiger partial charge in [0.15, 0.2) is 0 Å². The van der Waals surface area contributed by atoms with Gasteiger partial charge in [0.2, 0.25) is 0 Å². The minimum Gasteiger partial charge on any atom is -0.478 e. The van der Waals surface area contributed by atoms with Gasteiger partial charge in [-0.2, -0.15) is 0 Å². The fourth-order valence-corrected chi connectivity index (χ4v) is 1.76. The van der Waals surface area contributed by atoms with Crippen molar-refractivity contribution >= 4 is 11.9 Å². The molecule has 0 aromatic carbocycles. The highest BCUT2D eigenvalue weighted by Crippen LogP contribution is 2.12. The molecule has 0 spiro atoms. The van der Waals surface area contributed by atoms with E-state index in [-0.39, 0.29) is 17.2 Å². The molecule has 0 aliphatic carbocycles. The summed E-state index contributed by atoms with van der Waals surface area (Å²) in [5, 5.41) is 9.09. The monoisotopic (exact) mass is 264 g/mol. The summed E-state index contributed by atoms with van der Waals surface area (Å²) < 4.78 is 0. The Bertz CT molecular complexity index is 460. The summed E-state index contributed by atoms with van der Waals surface area (Å²) in [5.41, 5.74) is -0.0322. The number of hydrogen-bond acceptors (Lipinski definition) is 3. The van der Waals surface area contributed by atoms with Crippen molar-refractivity contribution in [3.05, 3.63) is 29.6 Å². The Labute approximate surface area is 113 Å². The maximum absolute atomic E-state index is 12.4. The van der Waals surface area contributed by atoms with Crippen LogP contribution < -0.4 is 0 Å². The van der Waals surface area contributed by atoms with Gasteiger partial charge in [0.25, 0.3) is 5.91 Å². The molecule has 0 radical (unpaired) electrons. The number of aromatic nitrogens is 1. The molecular weight excluding hydrogens is 244 g/mol. The predicted octanol–water partition coefficient (Wildman–Crippen LogP) is 2.29. The van der Waals surface area contributed by atoms with E-state index in [0.29, 0.717) is 19.0 Å². The third-order valence-electron chi connectivity index (χ3n) is 3.14. The lowest BCUT2D eigenvalue weighted by Crippen LogP contribution is -2.36. The summed E-state index contributed by atoms with van der Waals surface area (Å²) in [6.45, 7) is 7.16. The number of nitrogens with zero attached hydrogens (tertiary/aromatic N) is 2. The zero-order valence-corrected chi connectivity index (χ0v) is 11.6. The molecule has 1 N–H and O–H groups in total. The van der Waals surface area contributed by atoms with Gasteiger partial charge in [-0.25, -0.2) is 4.79 Å². The van der Waals surface area contributed by atoms with Crippen LogP contribution in [0.2, 0.25) is 0 Å². The summed E-state index contributed by atoms with van der Waals surface area (Å²) in [4.78, 5) is 29.0. The second-order valence-corrected chi connectivity index (χ2v) is 4.56. The first-order chi connectivity index (χ1) is 9.01. The van der Waals surface area contributed by atoms with Crippen LogP contribution in [-0.4, -0.2) is 40.0 Å². The normalized spacial score (nSPS) is 11.9. The van der Waals surface area contributed by atoms with Crippen molar-refractivity contribution in [2.75, 3.05) is 13.1 Å². The van der Waals surface area contributed by atoms with Crippen molar-refractivity contribution in [3.8, 4) is 0 Å². The average Bonchev–Trinajstić information content (AvgIpc) is 2.43. The van der Waals surface area contributed by atoms with Crippen LogP contribution in [-0.2, 0) is 0 Å². The van der Waals surface area contributed by atoms with E-state index in [0.717, 1.165) is 6.42 Å². The van der Waals surface area contributed by atoms with E-state index in [2.05, 4.69) is 18.8 Å². The highest BCUT2D eigenvalue weighted by Gasteiger charge is 2.22. The second-order valence-electron chi connectivity index (χ2n) is 4.56. The quantitative estimate of drug-likeness (QED) is 0.855. The largest absolute Gasteiger partial charge is 0.478 e. The number of amides is 1. The van der Waals surface area contributed by atoms with E-state index in [1.807, 2.05) is 6.92 Å². The molecule has 0 saturated carbocycles. The van der Waals surface area contributed by atoms with E-state index in [1.54, 1.807) is 4.90 Å². The second kappa shape index (κ2) is 6.87. The van der Waals surface area contributed by atoms with Crippen LogP contribution in [0.25, 0.3) is 0 Å². The van der Waals surface area contributed by atoms with Gasteiger partial charge >= 0.3 is 5.97 Å². The lowest BCUT2D eigenvalue weighted by Gasteiger charge is -2.24. The zero-order chi connectivity index (χ0) is 14.4. The van der Waals surface area contributed by atoms with Gasteiger partial charge in [0.1, 0.15) is 5.69 Å². The van der Waals surface area contributed by atoms with Crippen LogP contribution >= 0.6 is 0 Å². The highest BCUT2D eigenvalue weighted by atomic mass is 16.4. The SMILES string of the molecule is CCC(C)CN(CC)C(=O)c1ncccc1C(=O)O. The zero-order valence-electron chi connectivity index (χ0n) is 11.6. The van der Waals surface area contributed by atoms with Gasteiger partial charge < -0.3 is 10.0 Å². The van der Waals surface area contributed by atoms with Crippen molar-refractivity contribution < 1.29 is 14.7 Å². The number of aromatic carboxylic acids is 1. The molecule has 104 valence electrons. The van der Waals surface area contributed by atoms with Crippen molar-refractivity contribution in [3.63, 3.8) is 0 Å². The standard InChI is InChI=1S/C14H20N2O3/c1-4-10(3)9-16(5-2)13(17)12-11(14(18)19)7-6-8-15-12/h6-8,10H,4-5,9H2,1-3H3,(H,18,19). The topological polar surface area (TPSA) is 70.5 Å². The Balaban J connectivity index is 3.01. The van der Waals surface area contributed by atoms with E-state index < -0.39 is 5.97 Å². The molecule has 0 saturated heterocycles. The first-order valence-electron chi connectivity index (χ1n) is 6.48. The van der Waals surface area contributed by atoms with Crippen LogP contribution in [0.4, 0.5) is 0 Å². The van der Waals surface area contributed by atoms with Crippen LogP contribution in [0.1, 0.15) is 48.0 Å². The lowest BCUT2D eigenvalue weighted by atomic mass is 10.1. The maximum Gasteiger partial charge on any atom is 0.338 e. The first kappa shape index (κ1) is 15.1. The summed E-state index contributed by atoms with van der Waals surface area (Å²) in [6.07, 6.45) is 2.41. The number of carboxylic acids is 1. The summed E-state index contributed by atoms with van der Waals surface area (Å²) in [6, 6.07) is 2.92.